The van der Waals surface area contributed by atoms with E-state index in [0.29, 0.717) is 29.3 Å². The van der Waals surface area contributed by atoms with Crippen molar-refractivity contribution in [1.29, 1.82) is 0 Å². The van der Waals surface area contributed by atoms with Gasteiger partial charge in [0.2, 0.25) is 0 Å². The molecule has 0 spiro atoms. The molecule has 3 heterocycles. The third kappa shape index (κ3) is 3.69. The SMILES string of the molecule is CCOC(=O)c1ncn2c1Cc1c(COc3ccc(F)cc3)nnn1-c1cc(OC)ccc1-2. The van der Waals surface area contributed by atoms with Crippen LogP contribution in [-0.4, -0.2) is 44.2 Å². The fraction of sp³-hybridized carbons (Fsp3) is 0.217. The first-order chi connectivity index (χ1) is 16.1. The zero-order chi connectivity index (χ0) is 22.9. The Hall–Kier alpha value is -4.21. The third-order valence-corrected chi connectivity index (χ3v) is 5.37. The Morgan fingerprint density at radius 3 is 2.64 bits per heavy atom. The minimum absolute atomic E-state index is 0.114. The van der Waals surface area contributed by atoms with Crippen molar-refractivity contribution in [2.75, 3.05) is 13.7 Å². The fourth-order valence-electron chi connectivity index (χ4n) is 3.78. The quantitative estimate of drug-likeness (QED) is 0.367. The second-order valence-corrected chi connectivity index (χ2v) is 7.30. The van der Waals surface area contributed by atoms with Crippen LogP contribution < -0.4 is 9.47 Å². The van der Waals surface area contributed by atoms with Crippen LogP contribution in [0.4, 0.5) is 4.39 Å². The number of esters is 1. The van der Waals surface area contributed by atoms with Crippen molar-refractivity contribution >= 4 is 5.97 Å². The summed E-state index contributed by atoms with van der Waals surface area (Å²) in [6.07, 6.45) is 1.92. The van der Waals surface area contributed by atoms with E-state index in [1.54, 1.807) is 37.2 Å². The van der Waals surface area contributed by atoms with Crippen LogP contribution in [-0.2, 0) is 17.8 Å². The first kappa shape index (κ1) is 20.7. The van der Waals surface area contributed by atoms with Gasteiger partial charge in [-0.15, -0.1) is 5.10 Å². The highest BCUT2D eigenvalue weighted by Gasteiger charge is 2.29. The van der Waals surface area contributed by atoms with Gasteiger partial charge in [0.15, 0.2) is 5.69 Å². The Balaban J connectivity index is 1.60. The largest absolute Gasteiger partial charge is 0.497 e. The molecule has 1 aliphatic rings. The molecule has 0 unspecified atom stereocenters. The van der Waals surface area contributed by atoms with Gasteiger partial charge >= 0.3 is 5.97 Å². The van der Waals surface area contributed by atoms with Crippen molar-refractivity contribution < 1.29 is 23.4 Å². The van der Waals surface area contributed by atoms with Gasteiger partial charge in [0.25, 0.3) is 0 Å². The number of fused-ring (bicyclic) bond motifs is 5. The zero-order valence-corrected chi connectivity index (χ0v) is 18.0. The van der Waals surface area contributed by atoms with Crippen molar-refractivity contribution in [2.24, 2.45) is 0 Å². The van der Waals surface area contributed by atoms with Crippen molar-refractivity contribution in [2.45, 2.75) is 20.0 Å². The van der Waals surface area contributed by atoms with Crippen LogP contribution in [0.15, 0.2) is 48.8 Å². The standard InChI is InChI=1S/C23H20FN5O4/c1-3-32-23(30)22-21-11-19-17(12-33-15-6-4-14(24)5-7-15)26-27-29(19)20-10-16(31-2)8-9-18(20)28(21)13-25-22/h4-10,13H,3,11-12H2,1-2H3. The van der Waals surface area contributed by atoms with E-state index in [4.69, 9.17) is 14.2 Å². The predicted molar refractivity (Wildman–Crippen MR) is 115 cm³/mol. The fourth-order valence-corrected chi connectivity index (χ4v) is 3.78. The number of hydrogen-bond donors (Lipinski definition) is 0. The van der Waals surface area contributed by atoms with Crippen LogP contribution in [0.5, 0.6) is 11.5 Å². The van der Waals surface area contributed by atoms with Crippen LogP contribution >= 0.6 is 0 Å². The number of carbonyl (C=O) groups excluding carboxylic acids is 1. The number of aromatic nitrogens is 5. The van der Waals surface area contributed by atoms with Gasteiger partial charge in [-0.1, -0.05) is 5.21 Å². The van der Waals surface area contributed by atoms with Crippen LogP contribution in [0.1, 0.15) is 34.5 Å². The van der Waals surface area contributed by atoms with Gasteiger partial charge in [-0.2, -0.15) is 0 Å². The summed E-state index contributed by atoms with van der Waals surface area (Å²) in [5, 5.41) is 8.68. The van der Waals surface area contributed by atoms with Gasteiger partial charge in [0.05, 0.1) is 36.5 Å². The molecular weight excluding hydrogens is 429 g/mol. The van der Waals surface area contributed by atoms with E-state index >= 15 is 0 Å². The summed E-state index contributed by atoms with van der Waals surface area (Å²) in [7, 11) is 1.59. The first-order valence-electron chi connectivity index (χ1n) is 10.3. The number of nitrogens with zero attached hydrogens (tertiary/aromatic N) is 5. The summed E-state index contributed by atoms with van der Waals surface area (Å²) in [4.78, 5) is 16.9. The van der Waals surface area contributed by atoms with Crippen molar-refractivity contribution in [3.8, 4) is 22.9 Å². The number of methoxy groups -OCH3 is 1. The predicted octanol–water partition coefficient (Wildman–Crippen LogP) is 3.26. The Bertz CT molecular complexity index is 1330. The monoisotopic (exact) mass is 449 g/mol. The molecule has 0 N–H and O–H groups in total. The molecule has 10 heteroatoms. The summed E-state index contributed by atoms with van der Waals surface area (Å²) >= 11 is 0. The number of ether oxygens (including phenoxy) is 3. The van der Waals surface area contributed by atoms with Gasteiger partial charge in [0, 0.05) is 12.5 Å². The molecule has 0 saturated carbocycles. The van der Waals surface area contributed by atoms with Gasteiger partial charge in [-0.25, -0.2) is 18.9 Å². The number of carbonyl (C=O) groups is 1. The van der Waals surface area contributed by atoms with Crippen molar-refractivity contribution in [3.05, 3.63) is 77.4 Å². The van der Waals surface area contributed by atoms with E-state index < -0.39 is 5.97 Å². The minimum atomic E-state index is -0.494. The average Bonchev–Trinajstić information content (AvgIpc) is 3.40. The molecule has 9 nitrogen and oxygen atoms in total. The highest BCUT2D eigenvalue weighted by molar-refractivity contribution is 5.89. The van der Waals surface area contributed by atoms with E-state index in [0.717, 1.165) is 17.1 Å². The maximum Gasteiger partial charge on any atom is 0.358 e. The highest BCUT2D eigenvalue weighted by atomic mass is 19.1. The number of imidazole rings is 1. The molecule has 2 aromatic heterocycles. The minimum Gasteiger partial charge on any atom is -0.497 e. The lowest BCUT2D eigenvalue weighted by molar-refractivity contribution is 0.0519. The molecule has 33 heavy (non-hydrogen) atoms. The molecule has 4 aromatic rings. The summed E-state index contributed by atoms with van der Waals surface area (Å²) in [5.74, 6) is 0.316. The van der Waals surface area contributed by atoms with E-state index in [1.165, 1.54) is 12.1 Å². The Kier molecular flexibility index (Phi) is 5.25. The Labute approximate surface area is 188 Å². The van der Waals surface area contributed by atoms with Crippen LogP contribution in [0, 0.1) is 5.82 Å². The molecule has 0 fully saturated rings. The van der Waals surface area contributed by atoms with Crippen LogP contribution in [0.3, 0.4) is 0 Å². The van der Waals surface area contributed by atoms with E-state index in [-0.39, 0.29) is 24.7 Å². The number of halogens is 1. The van der Waals surface area contributed by atoms with Crippen LogP contribution in [0.25, 0.3) is 11.4 Å². The molecule has 5 rings (SSSR count). The summed E-state index contributed by atoms with van der Waals surface area (Å²) < 4.78 is 33.2. The molecule has 0 atom stereocenters. The molecule has 0 aliphatic carbocycles. The Morgan fingerprint density at radius 2 is 1.88 bits per heavy atom. The van der Waals surface area contributed by atoms with E-state index in [2.05, 4.69) is 15.3 Å². The lowest BCUT2D eigenvalue weighted by Crippen LogP contribution is -2.11. The van der Waals surface area contributed by atoms with Gasteiger partial charge < -0.3 is 14.2 Å². The molecule has 0 amide bonds. The van der Waals surface area contributed by atoms with Gasteiger partial charge in [-0.05, 0) is 43.3 Å². The topological polar surface area (TPSA) is 93.3 Å². The molecule has 2 aromatic carbocycles. The molecule has 0 bridgehead atoms. The van der Waals surface area contributed by atoms with Gasteiger partial charge in [0.1, 0.15) is 35.9 Å². The summed E-state index contributed by atoms with van der Waals surface area (Å²) in [6.45, 7) is 2.11. The number of hydrogen-bond acceptors (Lipinski definition) is 7. The molecule has 1 aliphatic heterocycles. The van der Waals surface area contributed by atoms with E-state index in [1.807, 2.05) is 22.8 Å². The molecule has 0 saturated heterocycles. The smallest absolute Gasteiger partial charge is 0.358 e. The third-order valence-electron chi connectivity index (χ3n) is 5.37. The summed E-state index contributed by atoms with van der Waals surface area (Å²) in [5.41, 5.74) is 3.69. The summed E-state index contributed by atoms with van der Waals surface area (Å²) in [6, 6.07) is 11.3. The van der Waals surface area contributed by atoms with Crippen LogP contribution in [0.2, 0.25) is 0 Å². The van der Waals surface area contributed by atoms with Gasteiger partial charge in [-0.3, -0.25) is 4.57 Å². The maximum absolute atomic E-state index is 13.2. The number of benzene rings is 2. The van der Waals surface area contributed by atoms with E-state index in [9.17, 15) is 9.18 Å². The normalized spacial score (nSPS) is 11.7. The van der Waals surface area contributed by atoms with Crippen molar-refractivity contribution in [3.63, 3.8) is 0 Å². The maximum atomic E-state index is 13.2. The first-order valence-corrected chi connectivity index (χ1v) is 10.3. The Morgan fingerprint density at radius 1 is 1.09 bits per heavy atom. The number of rotatable bonds is 6. The molecule has 168 valence electrons. The lowest BCUT2D eigenvalue weighted by atomic mass is 10.1. The lowest BCUT2D eigenvalue weighted by Gasteiger charge is -2.11. The highest BCUT2D eigenvalue weighted by Crippen LogP contribution is 2.32. The zero-order valence-electron chi connectivity index (χ0n) is 18.0. The second-order valence-electron chi connectivity index (χ2n) is 7.30. The second kappa shape index (κ2) is 8.38. The molecule has 0 radical (unpaired) electrons. The molecular formula is C23H20FN5O4. The average molecular weight is 449 g/mol. The van der Waals surface area contributed by atoms with Crippen molar-refractivity contribution in [1.82, 2.24) is 24.5 Å².